The van der Waals surface area contributed by atoms with Gasteiger partial charge in [-0.05, 0) is 24.8 Å². The molecule has 1 saturated carbocycles. The highest BCUT2D eigenvalue weighted by Crippen LogP contribution is 2.41. The molecular formula is C15H21ClN2O5. The van der Waals surface area contributed by atoms with E-state index in [1.165, 1.54) is 18.6 Å². The maximum atomic E-state index is 11.3. The van der Waals surface area contributed by atoms with Crippen molar-refractivity contribution >= 4 is 18.1 Å². The standard InChI is InChI=1S/C15H20N2O5.ClH/c16-14(15(18)9-4-2-1-3-5-9)10-6-12-13(22-8-21-12)7-11(10)17(19)20;/h6-7,9,14-15,18H,1-5,8,16H2;1H/t14-,15+;/m1./s1. The number of nitro benzene ring substituents is 1. The molecule has 23 heavy (non-hydrogen) atoms. The van der Waals surface area contributed by atoms with E-state index in [0.717, 1.165) is 25.7 Å². The van der Waals surface area contributed by atoms with Crippen molar-refractivity contribution in [1.29, 1.82) is 0 Å². The highest BCUT2D eigenvalue weighted by molar-refractivity contribution is 5.85. The molecule has 0 saturated heterocycles. The van der Waals surface area contributed by atoms with Crippen LogP contribution in [0, 0.1) is 16.0 Å². The lowest BCUT2D eigenvalue weighted by Crippen LogP contribution is -2.34. The number of nitro groups is 1. The maximum absolute atomic E-state index is 11.3. The number of halogens is 1. The number of nitrogens with zero attached hydrogens (tertiary/aromatic N) is 1. The first-order chi connectivity index (χ1) is 10.6. The fourth-order valence-corrected chi connectivity index (χ4v) is 3.32. The molecule has 1 aromatic carbocycles. The van der Waals surface area contributed by atoms with Gasteiger partial charge in [0, 0.05) is 0 Å². The minimum absolute atomic E-state index is 0. The Balaban J connectivity index is 0.00000192. The van der Waals surface area contributed by atoms with Crippen molar-refractivity contribution in [1.82, 2.24) is 0 Å². The summed E-state index contributed by atoms with van der Waals surface area (Å²) in [5.41, 5.74) is 6.32. The molecular weight excluding hydrogens is 324 g/mol. The summed E-state index contributed by atoms with van der Waals surface area (Å²) in [5, 5.41) is 21.8. The van der Waals surface area contributed by atoms with Crippen LogP contribution in [0.5, 0.6) is 11.5 Å². The van der Waals surface area contributed by atoms with Crippen LogP contribution in [0.4, 0.5) is 5.69 Å². The number of fused-ring (bicyclic) bond motifs is 1. The Labute approximate surface area is 140 Å². The van der Waals surface area contributed by atoms with Crippen molar-refractivity contribution in [2.75, 3.05) is 6.79 Å². The Bertz CT molecular complexity index is 577. The summed E-state index contributed by atoms with van der Waals surface area (Å²) in [4.78, 5) is 10.8. The molecule has 3 N–H and O–H groups in total. The second kappa shape index (κ2) is 7.33. The molecule has 1 aliphatic carbocycles. The fourth-order valence-electron chi connectivity index (χ4n) is 3.32. The summed E-state index contributed by atoms with van der Waals surface area (Å²) in [5.74, 6) is 0.871. The number of nitrogens with two attached hydrogens (primary N) is 1. The normalized spacial score (nSPS) is 19.7. The van der Waals surface area contributed by atoms with Gasteiger partial charge in [-0.3, -0.25) is 10.1 Å². The quantitative estimate of drug-likeness (QED) is 0.642. The van der Waals surface area contributed by atoms with Gasteiger partial charge in [-0.15, -0.1) is 12.4 Å². The average Bonchev–Trinajstić information content (AvgIpc) is 3.00. The van der Waals surface area contributed by atoms with Crippen LogP contribution in [0.1, 0.15) is 43.7 Å². The Morgan fingerprint density at radius 1 is 1.22 bits per heavy atom. The van der Waals surface area contributed by atoms with E-state index in [2.05, 4.69) is 0 Å². The van der Waals surface area contributed by atoms with Crippen molar-refractivity contribution in [2.24, 2.45) is 11.7 Å². The minimum Gasteiger partial charge on any atom is -0.454 e. The van der Waals surface area contributed by atoms with E-state index in [1.807, 2.05) is 0 Å². The second-order valence-electron chi connectivity index (χ2n) is 5.94. The number of benzene rings is 1. The molecule has 0 amide bonds. The first-order valence-electron chi connectivity index (χ1n) is 7.59. The minimum atomic E-state index is -0.807. The molecule has 2 atom stereocenters. The van der Waals surface area contributed by atoms with Gasteiger partial charge >= 0.3 is 0 Å². The summed E-state index contributed by atoms with van der Waals surface area (Å²) in [6.07, 6.45) is 4.33. The van der Waals surface area contributed by atoms with Gasteiger partial charge in [0.1, 0.15) is 0 Å². The number of ether oxygens (including phenoxy) is 2. The number of aliphatic hydroxyl groups is 1. The van der Waals surface area contributed by atoms with Crippen molar-refractivity contribution < 1.29 is 19.5 Å². The Morgan fingerprint density at radius 3 is 2.43 bits per heavy atom. The summed E-state index contributed by atoms with van der Waals surface area (Å²) < 4.78 is 10.4. The molecule has 3 rings (SSSR count). The number of aliphatic hydroxyl groups excluding tert-OH is 1. The van der Waals surface area contributed by atoms with Crippen molar-refractivity contribution in [3.05, 3.63) is 27.8 Å². The third kappa shape index (κ3) is 3.52. The molecule has 1 heterocycles. The summed E-state index contributed by atoms with van der Waals surface area (Å²) in [6, 6.07) is 2.04. The number of hydrogen-bond donors (Lipinski definition) is 2. The van der Waals surface area contributed by atoms with Crippen LogP contribution < -0.4 is 15.2 Å². The first-order valence-corrected chi connectivity index (χ1v) is 7.59. The first kappa shape index (κ1) is 17.8. The Morgan fingerprint density at radius 2 is 1.83 bits per heavy atom. The predicted octanol–water partition coefficient (Wildman–Crippen LogP) is 2.69. The lowest BCUT2D eigenvalue weighted by atomic mass is 9.81. The molecule has 1 aliphatic heterocycles. The SMILES string of the molecule is Cl.N[C@H](c1cc2c(cc1[N+](=O)[O-])OCO2)[C@@H](O)C1CCCCC1. The van der Waals surface area contributed by atoms with E-state index in [-0.39, 0.29) is 30.8 Å². The van der Waals surface area contributed by atoms with Gasteiger partial charge in [0.15, 0.2) is 11.5 Å². The zero-order valence-corrected chi connectivity index (χ0v) is 13.5. The predicted molar refractivity (Wildman–Crippen MR) is 86.0 cm³/mol. The fraction of sp³-hybridized carbons (Fsp3) is 0.600. The average molecular weight is 345 g/mol. The Hall–Kier alpha value is -1.57. The highest BCUT2D eigenvalue weighted by atomic mass is 35.5. The van der Waals surface area contributed by atoms with Gasteiger partial charge in [-0.25, -0.2) is 0 Å². The van der Waals surface area contributed by atoms with E-state index < -0.39 is 17.1 Å². The van der Waals surface area contributed by atoms with Crippen molar-refractivity contribution in [3.8, 4) is 11.5 Å². The van der Waals surface area contributed by atoms with E-state index in [9.17, 15) is 15.2 Å². The van der Waals surface area contributed by atoms with Gasteiger partial charge in [0.25, 0.3) is 5.69 Å². The number of hydrogen-bond acceptors (Lipinski definition) is 6. The lowest BCUT2D eigenvalue weighted by Gasteiger charge is -2.30. The Kier molecular flexibility index (Phi) is 5.67. The van der Waals surface area contributed by atoms with E-state index in [1.54, 1.807) is 0 Å². The van der Waals surface area contributed by atoms with Crippen LogP contribution >= 0.6 is 12.4 Å². The molecule has 7 nitrogen and oxygen atoms in total. The van der Waals surface area contributed by atoms with Crippen molar-refractivity contribution in [3.63, 3.8) is 0 Å². The summed E-state index contributed by atoms with van der Waals surface area (Å²) in [7, 11) is 0. The van der Waals surface area contributed by atoms with Gasteiger partial charge < -0.3 is 20.3 Å². The van der Waals surface area contributed by atoms with Crippen LogP contribution in [0.2, 0.25) is 0 Å². The van der Waals surface area contributed by atoms with Crippen LogP contribution in [0.3, 0.4) is 0 Å². The van der Waals surface area contributed by atoms with E-state index in [4.69, 9.17) is 15.2 Å². The third-order valence-electron chi connectivity index (χ3n) is 4.58. The molecule has 128 valence electrons. The molecule has 0 aromatic heterocycles. The lowest BCUT2D eigenvalue weighted by molar-refractivity contribution is -0.385. The third-order valence-corrected chi connectivity index (χ3v) is 4.58. The molecule has 0 bridgehead atoms. The molecule has 2 aliphatic rings. The van der Waals surface area contributed by atoms with Gasteiger partial charge in [0.05, 0.1) is 28.7 Å². The topological polar surface area (TPSA) is 108 Å². The van der Waals surface area contributed by atoms with Crippen LogP contribution in [0.15, 0.2) is 12.1 Å². The zero-order chi connectivity index (χ0) is 15.7. The molecule has 0 spiro atoms. The van der Waals surface area contributed by atoms with Gasteiger partial charge in [-0.1, -0.05) is 19.3 Å². The largest absolute Gasteiger partial charge is 0.454 e. The molecule has 8 heteroatoms. The monoisotopic (exact) mass is 344 g/mol. The van der Waals surface area contributed by atoms with Gasteiger partial charge in [-0.2, -0.15) is 0 Å². The van der Waals surface area contributed by atoms with Crippen LogP contribution in [-0.4, -0.2) is 22.9 Å². The molecule has 1 fully saturated rings. The number of rotatable bonds is 4. The second-order valence-corrected chi connectivity index (χ2v) is 5.94. The maximum Gasteiger partial charge on any atom is 0.278 e. The molecule has 0 radical (unpaired) electrons. The summed E-state index contributed by atoms with van der Waals surface area (Å²) in [6.45, 7) is 0.0381. The summed E-state index contributed by atoms with van der Waals surface area (Å²) >= 11 is 0. The highest BCUT2D eigenvalue weighted by Gasteiger charge is 2.33. The smallest absolute Gasteiger partial charge is 0.278 e. The van der Waals surface area contributed by atoms with Crippen LogP contribution in [0.25, 0.3) is 0 Å². The van der Waals surface area contributed by atoms with Crippen molar-refractivity contribution in [2.45, 2.75) is 44.2 Å². The zero-order valence-electron chi connectivity index (χ0n) is 12.6. The molecule has 0 unspecified atom stereocenters. The van der Waals surface area contributed by atoms with Crippen LogP contribution in [-0.2, 0) is 0 Å². The van der Waals surface area contributed by atoms with E-state index >= 15 is 0 Å². The van der Waals surface area contributed by atoms with Gasteiger partial charge in [0.2, 0.25) is 6.79 Å². The van der Waals surface area contributed by atoms with E-state index in [0.29, 0.717) is 17.1 Å². The molecule has 1 aromatic rings.